The molecular formula is C12H22N4O2S. The molecule has 1 aromatic heterocycles. The van der Waals surface area contributed by atoms with E-state index in [4.69, 9.17) is 5.73 Å². The zero-order chi connectivity index (χ0) is 13.9. The van der Waals surface area contributed by atoms with Crippen LogP contribution in [0.25, 0.3) is 0 Å². The van der Waals surface area contributed by atoms with Gasteiger partial charge in [0.2, 0.25) is 10.0 Å². The molecule has 0 amide bonds. The number of hydrogen-bond donors (Lipinski definition) is 2. The van der Waals surface area contributed by atoms with Crippen LogP contribution in [0.3, 0.4) is 0 Å². The van der Waals surface area contributed by atoms with Crippen LogP contribution in [-0.2, 0) is 10.0 Å². The maximum absolute atomic E-state index is 12.6. The summed E-state index contributed by atoms with van der Waals surface area (Å²) >= 11 is 0. The van der Waals surface area contributed by atoms with Crippen molar-refractivity contribution in [2.75, 3.05) is 6.54 Å². The van der Waals surface area contributed by atoms with E-state index in [-0.39, 0.29) is 17.0 Å². The summed E-state index contributed by atoms with van der Waals surface area (Å²) in [5, 5.41) is 6.30. The molecule has 0 saturated heterocycles. The second kappa shape index (κ2) is 6.02. The summed E-state index contributed by atoms with van der Waals surface area (Å²) in [4.78, 5) is 0.246. The molecule has 0 atom stereocenters. The fraction of sp³-hybridized carbons (Fsp3) is 0.750. The van der Waals surface area contributed by atoms with Gasteiger partial charge in [0.05, 0.1) is 6.20 Å². The molecule has 0 radical (unpaired) electrons. The minimum absolute atomic E-state index is 0.0691. The first-order valence-corrected chi connectivity index (χ1v) is 8.26. The quantitative estimate of drug-likeness (QED) is 0.847. The summed E-state index contributed by atoms with van der Waals surface area (Å²) in [6.07, 6.45) is 7.09. The maximum atomic E-state index is 12.6. The lowest BCUT2D eigenvalue weighted by Crippen LogP contribution is -2.44. The van der Waals surface area contributed by atoms with Crippen LogP contribution in [0, 0.1) is 0 Å². The van der Waals surface area contributed by atoms with Crippen molar-refractivity contribution < 1.29 is 8.42 Å². The number of nitrogens with one attached hydrogen (secondary N) is 1. The van der Waals surface area contributed by atoms with Crippen LogP contribution in [0.5, 0.6) is 0 Å². The van der Waals surface area contributed by atoms with Gasteiger partial charge in [0, 0.05) is 24.8 Å². The van der Waals surface area contributed by atoms with Crippen molar-refractivity contribution in [1.29, 1.82) is 0 Å². The highest BCUT2D eigenvalue weighted by Crippen LogP contribution is 2.27. The van der Waals surface area contributed by atoms with Gasteiger partial charge in [-0.2, -0.15) is 9.40 Å². The topological polar surface area (TPSA) is 92.1 Å². The number of sulfonamides is 1. The Morgan fingerprint density at radius 3 is 2.63 bits per heavy atom. The van der Waals surface area contributed by atoms with Gasteiger partial charge in [-0.05, 0) is 32.1 Å². The van der Waals surface area contributed by atoms with Crippen molar-refractivity contribution in [3.05, 3.63) is 12.4 Å². The minimum atomic E-state index is -3.44. The zero-order valence-electron chi connectivity index (χ0n) is 11.2. The van der Waals surface area contributed by atoms with Gasteiger partial charge >= 0.3 is 0 Å². The lowest BCUT2D eigenvalue weighted by molar-refractivity contribution is 0.240. The predicted molar refractivity (Wildman–Crippen MR) is 73.0 cm³/mol. The summed E-state index contributed by atoms with van der Waals surface area (Å²) < 4.78 is 26.8. The highest BCUT2D eigenvalue weighted by molar-refractivity contribution is 7.89. The largest absolute Gasteiger partial charge is 0.328 e. The van der Waals surface area contributed by atoms with Crippen LogP contribution in [0.2, 0.25) is 0 Å². The van der Waals surface area contributed by atoms with Crippen molar-refractivity contribution in [3.8, 4) is 0 Å². The van der Waals surface area contributed by atoms with Gasteiger partial charge < -0.3 is 5.73 Å². The van der Waals surface area contributed by atoms with E-state index >= 15 is 0 Å². The number of hydrogen-bond acceptors (Lipinski definition) is 4. The molecule has 1 aliphatic rings. The molecule has 0 aromatic carbocycles. The van der Waals surface area contributed by atoms with Crippen LogP contribution in [0.15, 0.2) is 17.3 Å². The molecule has 0 bridgehead atoms. The molecule has 3 N–H and O–H groups in total. The molecule has 6 nitrogen and oxygen atoms in total. The van der Waals surface area contributed by atoms with Gasteiger partial charge in [0.15, 0.2) is 0 Å². The second-order valence-corrected chi connectivity index (χ2v) is 7.01. The van der Waals surface area contributed by atoms with Crippen molar-refractivity contribution >= 4 is 10.0 Å². The lowest BCUT2D eigenvalue weighted by atomic mass is 9.92. The molecule has 0 aliphatic heterocycles. The summed E-state index contributed by atoms with van der Waals surface area (Å²) in [6, 6.07) is 0.288. The average Bonchev–Trinajstić information content (AvgIpc) is 2.92. The van der Waals surface area contributed by atoms with E-state index in [1.54, 1.807) is 4.31 Å². The Bertz CT molecular complexity index is 478. The first-order chi connectivity index (χ1) is 9.05. The van der Waals surface area contributed by atoms with Gasteiger partial charge in [-0.3, -0.25) is 5.10 Å². The van der Waals surface area contributed by atoms with Crippen LogP contribution in [-0.4, -0.2) is 41.5 Å². The molecule has 1 heterocycles. The number of nitrogens with zero attached hydrogens (tertiary/aromatic N) is 2. The van der Waals surface area contributed by atoms with Crippen molar-refractivity contribution in [1.82, 2.24) is 14.5 Å². The molecule has 19 heavy (non-hydrogen) atoms. The third-order valence-corrected chi connectivity index (χ3v) is 5.59. The third kappa shape index (κ3) is 3.16. The Balaban J connectivity index is 2.20. The number of nitrogens with two attached hydrogens (primary N) is 1. The Morgan fingerprint density at radius 2 is 2.11 bits per heavy atom. The summed E-state index contributed by atoms with van der Waals surface area (Å²) in [5.41, 5.74) is 5.89. The van der Waals surface area contributed by atoms with Crippen LogP contribution in [0.1, 0.15) is 39.0 Å². The van der Waals surface area contributed by atoms with Crippen molar-refractivity contribution in [2.45, 2.75) is 56.0 Å². The normalized spacial score (nSPS) is 24.8. The van der Waals surface area contributed by atoms with Crippen LogP contribution < -0.4 is 5.73 Å². The minimum Gasteiger partial charge on any atom is -0.328 e. The standard InChI is InChI=1S/C12H22N4O2S/c1-2-7-16(11-5-3-10(13)4-6-11)19(17,18)12-8-14-15-9-12/h8-11H,2-7,13H2,1H3,(H,14,15). The van der Waals surface area contributed by atoms with Crippen LogP contribution in [0.4, 0.5) is 0 Å². The monoisotopic (exact) mass is 286 g/mol. The van der Waals surface area contributed by atoms with Gasteiger partial charge in [0.25, 0.3) is 0 Å². The SMILES string of the molecule is CCCN(C1CCC(N)CC1)S(=O)(=O)c1cn[nH]c1. The van der Waals surface area contributed by atoms with Gasteiger partial charge in [-0.15, -0.1) is 0 Å². The van der Waals surface area contributed by atoms with E-state index in [9.17, 15) is 8.42 Å². The van der Waals surface area contributed by atoms with E-state index in [0.29, 0.717) is 6.54 Å². The van der Waals surface area contributed by atoms with E-state index < -0.39 is 10.0 Å². The average molecular weight is 286 g/mol. The fourth-order valence-corrected chi connectivity index (χ4v) is 4.31. The van der Waals surface area contributed by atoms with E-state index in [1.165, 1.54) is 12.4 Å². The molecule has 1 saturated carbocycles. The number of aromatic amines is 1. The third-order valence-electron chi connectivity index (χ3n) is 3.67. The van der Waals surface area contributed by atoms with Gasteiger partial charge in [-0.1, -0.05) is 6.92 Å². The molecule has 1 aromatic rings. The van der Waals surface area contributed by atoms with Crippen molar-refractivity contribution in [2.24, 2.45) is 5.73 Å². The highest BCUT2D eigenvalue weighted by atomic mass is 32.2. The number of aromatic nitrogens is 2. The van der Waals surface area contributed by atoms with Gasteiger partial charge in [0.1, 0.15) is 4.90 Å². The fourth-order valence-electron chi connectivity index (χ4n) is 2.62. The molecule has 2 rings (SSSR count). The summed E-state index contributed by atoms with van der Waals surface area (Å²) in [5.74, 6) is 0. The Hall–Kier alpha value is -0.920. The van der Waals surface area contributed by atoms with Crippen LogP contribution >= 0.6 is 0 Å². The Labute approximate surface area is 114 Å². The molecule has 1 aliphatic carbocycles. The molecule has 7 heteroatoms. The lowest BCUT2D eigenvalue weighted by Gasteiger charge is -2.34. The zero-order valence-corrected chi connectivity index (χ0v) is 12.1. The van der Waals surface area contributed by atoms with Crippen molar-refractivity contribution in [3.63, 3.8) is 0 Å². The number of rotatable bonds is 5. The summed E-state index contributed by atoms with van der Waals surface area (Å²) in [7, 11) is -3.44. The van der Waals surface area contributed by atoms with Gasteiger partial charge in [-0.25, -0.2) is 8.42 Å². The molecule has 1 fully saturated rings. The molecule has 108 valence electrons. The Morgan fingerprint density at radius 1 is 1.42 bits per heavy atom. The van der Waals surface area contributed by atoms with E-state index in [2.05, 4.69) is 10.2 Å². The predicted octanol–water partition coefficient (Wildman–Crippen LogP) is 1.08. The smallest absolute Gasteiger partial charge is 0.246 e. The van der Waals surface area contributed by atoms with E-state index in [1.807, 2.05) is 6.92 Å². The van der Waals surface area contributed by atoms with E-state index in [0.717, 1.165) is 32.1 Å². The molecule has 0 unspecified atom stereocenters. The number of H-pyrrole nitrogens is 1. The highest BCUT2D eigenvalue weighted by Gasteiger charge is 2.33. The maximum Gasteiger partial charge on any atom is 0.246 e. The Kier molecular flexibility index (Phi) is 4.59. The first-order valence-electron chi connectivity index (χ1n) is 6.82. The first kappa shape index (κ1) is 14.5. The molecular weight excluding hydrogens is 264 g/mol. The second-order valence-electron chi connectivity index (χ2n) is 5.12. The molecule has 0 spiro atoms. The summed E-state index contributed by atoms with van der Waals surface area (Å²) in [6.45, 7) is 2.54.